The molecule has 0 amide bonds. The molecule has 12 heavy (non-hydrogen) atoms. The summed E-state index contributed by atoms with van der Waals surface area (Å²) in [6, 6.07) is 6.25. The Morgan fingerprint density at radius 1 is 1.58 bits per heavy atom. The number of rotatable bonds is 1. The molecular weight excluding hydrogens is 242 g/mol. The number of nitrogens with zero attached hydrogens (tertiary/aromatic N) is 1. The van der Waals surface area contributed by atoms with Gasteiger partial charge in [-0.2, -0.15) is 5.26 Å². The van der Waals surface area contributed by atoms with Crippen LogP contribution in [-0.2, 0) is 11.1 Å². The standard InChI is InChI=1S/C7H4BrNO2S/c8-6-2-1-5(4-9)7(3-6)12(10)11/h1-3H,(H,10,11)/p-1. The zero-order valence-electron chi connectivity index (χ0n) is 5.78. The first-order valence-electron chi connectivity index (χ1n) is 2.94. The molecule has 0 saturated carbocycles. The molecule has 1 aromatic carbocycles. The van der Waals surface area contributed by atoms with Gasteiger partial charge in [0.25, 0.3) is 0 Å². The lowest BCUT2D eigenvalue weighted by Gasteiger charge is -2.06. The van der Waals surface area contributed by atoms with E-state index in [0.29, 0.717) is 4.47 Å². The minimum absolute atomic E-state index is 0.0203. The van der Waals surface area contributed by atoms with Crippen molar-refractivity contribution in [3.8, 4) is 6.07 Å². The molecule has 0 radical (unpaired) electrons. The number of hydrogen-bond donors (Lipinski definition) is 0. The second-order valence-corrected chi connectivity index (χ2v) is 3.81. The average molecular weight is 245 g/mol. The lowest BCUT2D eigenvalue weighted by atomic mass is 10.2. The molecule has 62 valence electrons. The number of halogens is 1. The van der Waals surface area contributed by atoms with E-state index in [4.69, 9.17) is 5.26 Å². The lowest BCUT2D eigenvalue weighted by Crippen LogP contribution is -1.92. The zero-order chi connectivity index (χ0) is 9.14. The predicted octanol–water partition coefficient (Wildman–Crippen LogP) is 1.56. The van der Waals surface area contributed by atoms with Crippen molar-refractivity contribution in [3.63, 3.8) is 0 Å². The van der Waals surface area contributed by atoms with Crippen molar-refractivity contribution in [2.45, 2.75) is 4.90 Å². The van der Waals surface area contributed by atoms with Gasteiger partial charge < -0.3 is 4.55 Å². The minimum atomic E-state index is -2.35. The summed E-state index contributed by atoms with van der Waals surface area (Å²) in [4.78, 5) is 0.0203. The van der Waals surface area contributed by atoms with Gasteiger partial charge in [-0.1, -0.05) is 15.9 Å². The summed E-state index contributed by atoms with van der Waals surface area (Å²) in [5.74, 6) is 0. The van der Waals surface area contributed by atoms with Crippen LogP contribution in [0.1, 0.15) is 5.56 Å². The zero-order valence-corrected chi connectivity index (χ0v) is 8.18. The summed E-state index contributed by atoms with van der Waals surface area (Å²) in [6.07, 6.45) is 0. The van der Waals surface area contributed by atoms with Crippen LogP contribution in [0.4, 0.5) is 0 Å². The van der Waals surface area contributed by atoms with Gasteiger partial charge in [-0.05, 0) is 29.3 Å². The fourth-order valence-electron chi connectivity index (χ4n) is 0.726. The van der Waals surface area contributed by atoms with Crippen LogP contribution in [0.15, 0.2) is 27.6 Å². The Hall–Kier alpha value is -0.700. The van der Waals surface area contributed by atoms with Gasteiger partial charge in [-0.3, -0.25) is 4.21 Å². The van der Waals surface area contributed by atoms with E-state index in [2.05, 4.69) is 15.9 Å². The summed E-state index contributed by atoms with van der Waals surface area (Å²) in [5, 5.41) is 8.52. The molecule has 0 aliphatic heterocycles. The third-order valence-electron chi connectivity index (χ3n) is 1.24. The molecule has 1 aromatic rings. The Labute approximate surface area is 80.4 Å². The van der Waals surface area contributed by atoms with Gasteiger partial charge in [-0.25, -0.2) is 0 Å². The molecule has 0 aliphatic rings. The summed E-state index contributed by atoms with van der Waals surface area (Å²) in [7, 11) is 0. The Bertz CT molecular complexity index is 372. The van der Waals surface area contributed by atoms with E-state index in [1.54, 1.807) is 12.1 Å². The van der Waals surface area contributed by atoms with Crippen LogP contribution in [0.25, 0.3) is 0 Å². The van der Waals surface area contributed by atoms with E-state index in [-0.39, 0.29) is 10.5 Å². The Morgan fingerprint density at radius 3 is 2.75 bits per heavy atom. The highest BCUT2D eigenvalue weighted by Gasteiger charge is 2.01. The predicted molar refractivity (Wildman–Crippen MR) is 46.0 cm³/mol. The van der Waals surface area contributed by atoms with Gasteiger partial charge in [0.2, 0.25) is 0 Å². The average Bonchev–Trinajstić information content (AvgIpc) is 2.04. The Morgan fingerprint density at radius 2 is 2.25 bits per heavy atom. The van der Waals surface area contributed by atoms with Crippen LogP contribution in [0, 0.1) is 11.3 Å². The smallest absolute Gasteiger partial charge is 0.100 e. The summed E-state index contributed by atoms with van der Waals surface area (Å²) < 4.78 is 21.8. The van der Waals surface area contributed by atoms with Gasteiger partial charge >= 0.3 is 0 Å². The first-order chi connectivity index (χ1) is 5.65. The van der Waals surface area contributed by atoms with E-state index >= 15 is 0 Å². The maximum Gasteiger partial charge on any atom is 0.100 e. The molecule has 1 rings (SSSR count). The van der Waals surface area contributed by atoms with E-state index in [1.807, 2.05) is 0 Å². The quantitative estimate of drug-likeness (QED) is 0.705. The largest absolute Gasteiger partial charge is 0.768 e. The van der Waals surface area contributed by atoms with Crippen LogP contribution in [0.3, 0.4) is 0 Å². The van der Waals surface area contributed by atoms with Crippen LogP contribution in [-0.4, -0.2) is 8.76 Å². The molecule has 1 atom stereocenters. The van der Waals surface area contributed by atoms with E-state index in [9.17, 15) is 8.76 Å². The van der Waals surface area contributed by atoms with Crippen molar-refractivity contribution >= 4 is 27.0 Å². The molecule has 0 saturated heterocycles. The molecule has 0 aromatic heterocycles. The second-order valence-electron chi connectivity index (χ2n) is 1.99. The number of benzene rings is 1. The van der Waals surface area contributed by atoms with Crippen molar-refractivity contribution in [2.75, 3.05) is 0 Å². The highest BCUT2D eigenvalue weighted by Crippen LogP contribution is 2.18. The molecule has 0 bridgehead atoms. The normalized spacial score (nSPS) is 12.1. The molecule has 1 unspecified atom stereocenters. The van der Waals surface area contributed by atoms with Gasteiger partial charge in [0, 0.05) is 9.37 Å². The van der Waals surface area contributed by atoms with Crippen LogP contribution in [0.5, 0.6) is 0 Å². The molecule has 0 spiro atoms. The lowest BCUT2D eigenvalue weighted by molar-refractivity contribution is 0.537. The van der Waals surface area contributed by atoms with Crippen molar-refractivity contribution < 1.29 is 8.76 Å². The van der Waals surface area contributed by atoms with Crippen molar-refractivity contribution in [2.24, 2.45) is 0 Å². The van der Waals surface area contributed by atoms with Gasteiger partial charge in [0.15, 0.2) is 0 Å². The minimum Gasteiger partial charge on any atom is -0.768 e. The highest BCUT2D eigenvalue weighted by atomic mass is 79.9. The molecule has 0 heterocycles. The molecule has 0 N–H and O–H groups in total. The fourth-order valence-corrected chi connectivity index (χ4v) is 1.76. The summed E-state index contributed by atoms with van der Waals surface area (Å²) in [5.41, 5.74) is 0.159. The highest BCUT2D eigenvalue weighted by molar-refractivity contribution is 9.10. The van der Waals surface area contributed by atoms with Crippen molar-refractivity contribution in [1.29, 1.82) is 5.26 Å². The van der Waals surface area contributed by atoms with Crippen LogP contribution in [0.2, 0.25) is 0 Å². The number of nitriles is 1. The van der Waals surface area contributed by atoms with Crippen LogP contribution < -0.4 is 0 Å². The van der Waals surface area contributed by atoms with Gasteiger partial charge in [0.1, 0.15) is 6.07 Å². The fraction of sp³-hybridized carbons (Fsp3) is 0. The summed E-state index contributed by atoms with van der Waals surface area (Å²) in [6.45, 7) is 0. The Balaban J connectivity index is 3.34. The first kappa shape index (κ1) is 9.39. The van der Waals surface area contributed by atoms with E-state index < -0.39 is 11.1 Å². The Kier molecular flexibility index (Phi) is 2.98. The van der Waals surface area contributed by atoms with Crippen molar-refractivity contribution in [3.05, 3.63) is 28.2 Å². The molecule has 0 fully saturated rings. The van der Waals surface area contributed by atoms with Crippen LogP contribution >= 0.6 is 15.9 Å². The van der Waals surface area contributed by atoms with Crippen molar-refractivity contribution in [1.82, 2.24) is 0 Å². The first-order valence-corrected chi connectivity index (χ1v) is 4.81. The monoisotopic (exact) mass is 244 g/mol. The van der Waals surface area contributed by atoms with Gasteiger partial charge in [-0.15, -0.1) is 0 Å². The number of hydrogen-bond acceptors (Lipinski definition) is 3. The van der Waals surface area contributed by atoms with Gasteiger partial charge in [0.05, 0.1) is 5.56 Å². The third-order valence-corrected chi connectivity index (χ3v) is 2.43. The maximum absolute atomic E-state index is 10.6. The topological polar surface area (TPSA) is 63.9 Å². The van der Waals surface area contributed by atoms with E-state index in [0.717, 1.165) is 0 Å². The second kappa shape index (κ2) is 3.81. The summed E-state index contributed by atoms with van der Waals surface area (Å²) >= 11 is 0.758. The maximum atomic E-state index is 10.6. The molecule has 5 heteroatoms. The molecule has 3 nitrogen and oxygen atoms in total. The SMILES string of the molecule is N#Cc1ccc(Br)cc1S(=O)[O-]. The molecular formula is C7H3BrNO2S-. The molecule has 0 aliphatic carbocycles. The van der Waals surface area contributed by atoms with E-state index in [1.165, 1.54) is 12.1 Å². The third kappa shape index (κ3) is 1.91.